The summed E-state index contributed by atoms with van der Waals surface area (Å²) in [5.41, 5.74) is 7.85. The van der Waals surface area contributed by atoms with Gasteiger partial charge in [-0.2, -0.15) is 0 Å². The Morgan fingerprint density at radius 1 is 1.53 bits per heavy atom. The third-order valence-electron chi connectivity index (χ3n) is 3.63. The monoisotopic (exact) mass is 264 g/mol. The van der Waals surface area contributed by atoms with E-state index in [2.05, 4.69) is 34.9 Å². The maximum Gasteiger partial charge on any atom is 0.0682 e. The number of hydrogen-bond donors (Lipinski definition) is 2. The van der Waals surface area contributed by atoms with Crippen LogP contribution >= 0.6 is 0 Å². The minimum absolute atomic E-state index is 0.219. The summed E-state index contributed by atoms with van der Waals surface area (Å²) >= 11 is 0. The number of nitrogens with two attached hydrogens (primary N) is 1. The van der Waals surface area contributed by atoms with E-state index in [0.717, 1.165) is 31.7 Å². The van der Waals surface area contributed by atoms with Crippen LogP contribution in [-0.2, 0) is 13.1 Å². The lowest BCUT2D eigenvalue weighted by molar-refractivity contribution is 0.169. The van der Waals surface area contributed by atoms with Gasteiger partial charge in [-0.1, -0.05) is 6.07 Å². The lowest BCUT2D eigenvalue weighted by atomic mass is 10.1. The van der Waals surface area contributed by atoms with Gasteiger partial charge in [0.25, 0.3) is 0 Å². The molecule has 0 amide bonds. The number of likely N-dealkylation sites (tertiary alicyclic amines) is 1. The van der Waals surface area contributed by atoms with E-state index in [4.69, 9.17) is 5.73 Å². The van der Waals surface area contributed by atoms with Crippen molar-refractivity contribution >= 4 is 0 Å². The molecule has 0 aromatic carbocycles. The van der Waals surface area contributed by atoms with Crippen LogP contribution in [0.4, 0.5) is 0 Å². The topological polar surface area (TPSA) is 65.6 Å². The standard InChI is InChI=1S/C14H24N4O/c1-17(2)9-12-6-13(19)10-18(12)8-11-4-3-5-16-14(11)7-15/h3-5,12-13,19H,6-10,15H2,1-2H3. The molecule has 2 atom stereocenters. The second-order valence-corrected chi connectivity index (χ2v) is 5.55. The molecule has 0 bridgehead atoms. The Balaban J connectivity index is 2.07. The van der Waals surface area contributed by atoms with E-state index in [9.17, 15) is 5.11 Å². The van der Waals surface area contributed by atoms with Crippen molar-refractivity contribution < 1.29 is 5.11 Å². The molecule has 106 valence electrons. The van der Waals surface area contributed by atoms with Crippen LogP contribution in [0.1, 0.15) is 17.7 Å². The highest BCUT2D eigenvalue weighted by molar-refractivity contribution is 5.20. The molecule has 3 N–H and O–H groups in total. The Hall–Kier alpha value is -1.01. The summed E-state index contributed by atoms with van der Waals surface area (Å²) in [6, 6.07) is 4.42. The van der Waals surface area contributed by atoms with Gasteiger partial charge in [0, 0.05) is 38.4 Å². The van der Waals surface area contributed by atoms with Gasteiger partial charge in [0.05, 0.1) is 11.8 Å². The zero-order chi connectivity index (χ0) is 13.8. The third kappa shape index (κ3) is 3.73. The van der Waals surface area contributed by atoms with E-state index in [1.165, 1.54) is 5.56 Å². The Labute approximate surface area is 115 Å². The van der Waals surface area contributed by atoms with E-state index >= 15 is 0 Å². The molecule has 2 heterocycles. The number of likely N-dealkylation sites (N-methyl/N-ethyl adjacent to an activating group) is 1. The molecule has 0 radical (unpaired) electrons. The average molecular weight is 264 g/mol. The zero-order valence-corrected chi connectivity index (χ0v) is 11.8. The highest BCUT2D eigenvalue weighted by Gasteiger charge is 2.31. The molecule has 1 aliphatic heterocycles. The molecule has 2 unspecified atom stereocenters. The van der Waals surface area contributed by atoms with Gasteiger partial charge >= 0.3 is 0 Å². The van der Waals surface area contributed by atoms with Crippen molar-refractivity contribution in [3.05, 3.63) is 29.6 Å². The molecule has 2 rings (SSSR count). The third-order valence-corrected chi connectivity index (χ3v) is 3.63. The van der Waals surface area contributed by atoms with Gasteiger partial charge in [0.1, 0.15) is 0 Å². The molecule has 1 saturated heterocycles. The van der Waals surface area contributed by atoms with Crippen LogP contribution in [0.25, 0.3) is 0 Å². The maximum absolute atomic E-state index is 9.89. The summed E-state index contributed by atoms with van der Waals surface area (Å²) in [7, 11) is 4.14. The molecule has 5 heteroatoms. The van der Waals surface area contributed by atoms with E-state index in [-0.39, 0.29) is 6.10 Å². The summed E-state index contributed by atoms with van der Waals surface area (Å²) in [6.45, 7) is 2.98. The molecule has 1 aliphatic rings. The largest absolute Gasteiger partial charge is 0.392 e. The highest BCUT2D eigenvalue weighted by atomic mass is 16.3. The first-order valence-electron chi connectivity index (χ1n) is 6.80. The van der Waals surface area contributed by atoms with Gasteiger partial charge in [-0.3, -0.25) is 9.88 Å². The molecule has 0 aliphatic carbocycles. The molecule has 1 aromatic heterocycles. The molecule has 19 heavy (non-hydrogen) atoms. The van der Waals surface area contributed by atoms with Gasteiger partial charge in [-0.15, -0.1) is 0 Å². The smallest absolute Gasteiger partial charge is 0.0682 e. The summed E-state index contributed by atoms with van der Waals surface area (Å²) in [4.78, 5) is 8.82. The number of hydrogen-bond acceptors (Lipinski definition) is 5. The summed E-state index contributed by atoms with van der Waals surface area (Å²) in [5.74, 6) is 0. The SMILES string of the molecule is CN(C)CC1CC(O)CN1Cc1cccnc1CN. The number of pyridine rings is 1. The first kappa shape index (κ1) is 14.4. The van der Waals surface area contributed by atoms with Crippen LogP contribution in [0.2, 0.25) is 0 Å². The molecule has 5 nitrogen and oxygen atoms in total. The molecule has 0 saturated carbocycles. The van der Waals surface area contributed by atoms with Gasteiger partial charge < -0.3 is 15.7 Å². The maximum atomic E-state index is 9.89. The summed E-state index contributed by atoms with van der Waals surface area (Å²) in [5, 5.41) is 9.89. The minimum atomic E-state index is -0.219. The van der Waals surface area contributed by atoms with Crippen molar-refractivity contribution in [2.24, 2.45) is 5.73 Å². The second-order valence-electron chi connectivity index (χ2n) is 5.55. The lowest BCUT2D eigenvalue weighted by Gasteiger charge is -2.27. The van der Waals surface area contributed by atoms with E-state index in [0.29, 0.717) is 12.6 Å². The molecule has 1 aromatic rings. The Morgan fingerprint density at radius 2 is 2.32 bits per heavy atom. The van der Waals surface area contributed by atoms with Crippen LogP contribution in [0, 0.1) is 0 Å². The number of aliphatic hydroxyl groups excluding tert-OH is 1. The summed E-state index contributed by atoms with van der Waals surface area (Å²) in [6.07, 6.45) is 2.40. The number of aromatic nitrogens is 1. The number of β-amino-alcohol motifs (C(OH)–C–C–N with tert-alkyl or cyclic N) is 1. The predicted molar refractivity (Wildman–Crippen MR) is 75.5 cm³/mol. The molecule has 0 spiro atoms. The van der Waals surface area contributed by atoms with Gasteiger partial charge in [0.15, 0.2) is 0 Å². The fraction of sp³-hybridized carbons (Fsp3) is 0.643. The number of aliphatic hydroxyl groups is 1. The first-order valence-corrected chi connectivity index (χ1v) is 6.80. The van der Waals surface area contributed by atoms with E-state index < -0.39 is 0 Å². The highest BCUT2D eigenvalue weighted by Crippen LogP contribution is 2.21. The predicted octanol–water partition coefficient (Wildman–Crippen LogP) is 0.0371. The first-order chi connectivity index (χ1) is 9.10. The second kappa shape index (κ2) is 6.43. The van der Waals surface area contributed by atoms with E-state index in [1.54, 1.807) is 6.20 Å². The Morgan fingerprint density at radius 3 is 3.00 bits per heavy atom. The minimum Gasteiger partial charge on any atom is -0.392 e. The van der Waals surface area contributed by atoms with Crippen LogP contribution < -0.4 is 5.73 Å². The normalized spacial score (nSPS) is 24.3. The summed E-state index contributed by atoms with van der Waals surface area (Å²) < 4.78 is 0. The number of rotatable bonds is 5. The van der Waals surface area contributed by atoms with Crippen molar-refractivity contribution in [2.75, 3.05) is 27.2 Å². The van der Waals surface area contributed by atoms with Crippen LogP contribution in [0.5, 0.6) is 0 Å². The van der Waals surface area contributed by atoms with Crippen LogP contribution in [0.3, 0.4) is 0 Å². The van der Waals surface area contributed by atoms with E-state index in [1.807, 2.05) is 6.07 Å². The van der Waals surface area contributed by atoms with Crippen LogP contribution in [-0.4, -0.2) is 59.2 Å². The van der Waals surface area contributed by atoms with Crippen LogP contribution in [0.15, 0.2) is 18.3 Å². The van der Waals surface area contributed by atoms with Crippen molar-refractivity contribution in [3.63, 3.8) is 0 Å². The zero-order valence-electron chi connectivity index (χ0n) is 11.8. The fourth-order valence-electron chi connectivity index (χ4n) is 2.78. The average Bonchev–Trinajstić information content (AvgIpc) is 2.69. The van der Waals surface area contributed by atoms with Crippen molar-refractivity contribution in [3.8, 4) is 0 Å². The van der Waals surface area contributed by atoms with Crippen molar-refractivity contribution in [1.82, 2.24) is 14.8 Å². The number of nitrogens with zero attached hydrogens (tertiary/aromatic N) is 3. The van der Waals surface area contributed by atoms with Crippen molar-refractivity contribution in [2.45, 2.75) is 31.7 Å². The molecular weight excluding hydrogens is 240 g/mol. The van der Waals surface area contributed by atoms with Crippen molar-refractivity contribution in [1.29, 1.82) is 0 Å². The Kier molecular flexibility index (Phi) is 4.87. The lowest BCUT2D eigenvalue weighted by Crippen LogP contribution is -2.37. The quantitative estimate of drug-likeness (QED) is 0.786. The molecule has 1 fully saturated rings. The molecular formula is C14H24N4O. The Bertz CT molecular complexity index is 410. The fourth-order valence-corrected chi connectivity index (χ4v) is 2.78. The van der Waals surface area contributed by atoms with Gasteiger partial charge in [-0.05, 0) is 32.1 Å². The van der Waals surface area contributed by atoms with Gasteiger partial charge in [0.2, 0.25) is 0 Å². The van der Waals surface area contributed by atoms with Gasteiger partial charge in [-0.25, -0.2) is 0 Å².